The van der Waals surface area contributed by atoms with Gasteiger partial charge in [-0.1, -0.05) is 0 Å². The highest BCUT2D eigenvalue weighted by atomic mass is 127. The van der Waals surface area contributed by atoms with Crippen LogP contribution in [0.2, 0.25) is 0 Å². The number of nitrogens with zero attached hydrogens (tertiary/aromatic N) is 2. The fraction of sp³-hybridized carbons (Fsp3) is 0.222. The summed E-state index contributed by atoms with van der Waals surface area (Å²) in [6, 6.07) is 2.08. The lowest BCUT2D eigenvalue weighted by Crippen LogP contribution is -2.30. The van der Waals surface area contributed by atoms with Crippen molar-refractivity contribution in [3.63, 3.8) is 0 Å². The molecule has 1 unspecified atom stereocenters. The van der Waals surface area contributed by atoms with Crippen molar-refractivity contribution in [1.29, 1.82) is 0 Å². The molecule has 0 saturated carbocycles. The Morgan fingerprint density at radius 2 is 2.44 bits per heavy atom. The van der Waals surface area contributed by atoms with Crippen molar-refractivity contribution in [3.8, 4) is 0 Å². The molecular weight excluding hydrogens is 403 g/mol. The minimum absolute atomic E-state index is 0.0401. The molecule has 0 aliphatic carbocycles. The van der Waals surface area contributed by atoms with Gasteiger partial charge in [0.25, 0.3) is 0 Å². The molecule has 0 fully saturated rings. The highest BCUT2D eigenvalue weighted by molar-refractivity contribution is 14.1. The number of hydrogen-bond donors (Lipinski definition) is 2. The van der Waals surface area contributed by atoms with Crippen LogP contribution in [0.1, 0.15) is 17.3 Å². The van der Waals surface area contributed by atoms with Gasteiger partial charge in [-0.05, 0) is 55.5 Å². The van der Waals surface area contributed by atoms with Gasteiger partial charge in [0, 0.05) is 7.05 Å². The number of aromatic nitrogens is 2. The van der Waals surface area contributed by atoms with Crippen LogP contribution in [0.4, 0.5) is 0 Å². The van der Waals surface area contributed by atoms with Crippen molar-refractivity contribution in [1.82, 2.24) is 15.2 Å². The molecule has 0 saturated heterocycles. The van der Waals surface area contributed by atoms with Gasteiger partial charge in [0.2, 0.25) is 0 Å². The zero-order valence-corrected chi connectivity index (χ0v) is 13.0. The van der Waals surface area contributed by atoms with Crippen LogP contribution in [0.5, 0.6) is 0 Å². The predicted octanol–water partition coefficient (Wildman–Crippen LogP) is 2.40. The lowest BCUT2D eigenvalue weighted by Gasteiger charge is -2.15. The average molecular weight is 413 g/mol. The summed E-state index contributed by atoms with van der Waals surface area (Å²) >= 11 is 7.49. The van der Waals surface area contributed by atoms with E-state index < -0.39 is 0 Å². The molecule has 3 N–H and O–H groups in total. The van der Waals surface area contributed by atoms with Gasteiger partial charge in [-0.2, -0.15) is 5.10 Å². The number of hydrogen-bond acceptors (Lipinski definition) is 4. The second-order valence-electron chi connectivity index (χ2n) is 3.29. The molecule has 0 bridgehead atoms. The van der Waals surface area contributed by atoms with E-state index >= 15 is 0 Å². The van der Waals surface area contributed by atoms with E-state index in [4.69, 9.17) is 5.84 Å². The van der Waals surface area contributed by atoms with Crippen LogP contribution in [0.15, 0.2) is 22.1 Å². The van der Waals surface area contributed by atoms with Gasteiger partial charge < -0.3 is 0 Å². The van der Waals surface area contributed by atoms with Crippen molar-refractivity contribution in [2.75, 3.05) is 0 Å². The first-order valence-electron chi connectivity index (χ1n) is 4.51. The van der Waals surface area contributed by atoms with Crippen LogP contribution in [0.25, 0.3) is 0 Å². The molecule has 0 aromatic carbocycles. The Labute approximate surface area is 119 Å². The molecule has 2 heterocycles. The fourth-order valence-electron chi connectivity index (χ4n) is 1.55. The van der Waals surface area contributed by atoms with E-state index in [1.807, 2.05) is 11.7 Å². The first kappa shape index (κ1) is 12.5. The summed E-state index contributed by atoms with van der Waals surface area (Å²) < 4.78 is 4.02. The lowest BCUT2D eigenvalue weighted by atomic mass is 10.1. The lowest BCUT2D eigenvalue weighted by molar-refractivity contribution is 0.574. The summed E-state index contributed by atoms with van der Waals surface area (Å²) in [6.45, 7) is 0. The van der Waals surface area contributed by atoms with Crippen LogP contribution < -0.4 is 11.3 Å². The number of nitrogens with one attached hydrogen (secondary N) is 1. The molecule has 2 aromatic rings. The predicted molar refractivity (Wildman–Crippen MR) is 77.1 cm³/mol. The molecule has 2 rings (SSSR count). The second-order valence-corrected chi connectivity index (χ2v) is 6.94. The van der Waals surface area contributed by atoms with E-state index in [2.05, 4.69) is 60.5 Å². The molecule has 1 atom stereocenters. The Morgan fingerprint density at radius 1 is 1.69 bits per heavy atom. The first-order chi connectivity index (χ1) is 7.63. The van der Waals surface area contributed by atoms with Crippen LogP contribution in [0.3, 0.4) is 0 Å². The third-order valence-electron chi connectivity index (χ3n) is 2.30. The normalized spacial score (nSPS) is 13.0. The molecule has 4 nitrogen and oxygen atoms in total. The van der Waals surface area contributed by atoms with Gasteiger partial charge in [-0.3, -0.25) is 10.5 Å². The van der Waals surface area contributed by atoms with Gasteiger partial charge >= 0.3 is 0 Å². The number of nitrogens with two attached hydrogens (primary N) is 1. The van der Waals surface area contributed by atoms with E-state index in [1.165, 1.54) is 2.88 Å². The third kappa shape index (κ3) is 2.33. The zero-order valence-electron chi connectivity index (χ0n) is 8.45. The summed E-state index contributed by atoms with van der Waals surface area (Å²) in [7, 11) is 1.90. The topological polar surface area (TPSA) is 55.9 Å². The standard InChI is InChI=1S/C9H10BrIN4S/c1-15-9(6(10)3-13-15)8(14-12)5-2-7(11)16-4-5/h2-4,8,14H,12H2,1H3. The molecule has 7 heteroatoms. The first-order valence-corrected chi connectivity index (χ1v) is 7.26. The molecule has 0 radical (unpaired) electrons. The van der Waals surface area contributed by atoms with Crippen LogP contribution >= 0.6 is 49.9 Å². The van der Waals surface area contributed by atoms with Gasteiger partial charge in [0.1, 0.15) is 0 Å². The maximum atomic E-state index is 5.63. The largest absolute Gasteiger partial charge is 0.271 e. The van der Waals surface area contributed by atoms with Crippen molar-refractivity contribution in [2.24, 2.45) is 12.9 Å². The van der Waals surface area contributed by atoms with E-state index in [0.29, 0.717) is 0 Å². The minimum Gasteiger partial charge on any atom is -0.271 e. The van der Waals surface area contributed by atoms with Crippen LogP contribution in [0, 0.1) is 2.88 Å². The smallest absolute Gasteiger partial charge is 0.0898 e. The molecule has 16 heavy (non-hydrogen) atoms. The number of hydrazine groups is 1. The van der Waals surface area contributed by atoms with Gasteiger partial charge in [-0.15, -0.1) is 11.3 Å². The third-order valence-corrected chi connectivity index (χ3v) is 4.72. The number of thiophene rings is 1. The molecular formula is C9H10BrIN4S. The van der Waals surface area contributed by atoms with Crippen molar-refractivity contribution in [2.45, 2.75) is 6.04 Å². The molecule has 0 aliphatic heterocycles. The second kappa shape index (κ2) is 5.13. The van der Waals surface area contributed by atoms with Crippen molar-refractivity contribution >= 4 is 49.9 Å². The Kier molecular flexibility index (Phi) is 4.01. The Balaban J connectivity index is 2.44. The Hall–Kier alpha value is 0.0400. The summed E-state index contributed by atoms with van der Waals surface area (Å²) in [4.78, 5) is 0. The van der Waals surface area contributed by atoms with Crippen LogP contribution in [-0.2, 0) is 7.05 Å². The maximum absolute atomic E-state index is 5.63. The van der Waals surface area contributed by atoms with Crippen molar-refractivity contribution in [3.05, 3.63) is 36.3 Å². The summed E-state index contributed by atoms with van der Waals surface area (Å²) in [5.74, 6) is 5.63. The van der Waals surface area contributed by atoms with Crippen LogP contribution in [-0.4, -0.2) is 9.78 Å². The quantitative estimate of drug-likeness (QED) is 0.462. The summed E-state index contributed by atoms with van der Waals surface area (Å²) in [6.07, 6.45) is 1.77. The maximum Gasteiger partial charge on any atom is 0.0898 e. The van der Waals surface area contributed by atoms with Gasteiger partial charge in [0.15, 0.2) is 0 Å². The van der Waals surface area contributed by atoms with Gasteiger partial charge in [0.05, 0.1) is 25.3 Å². The summed E-state index contributed by atoms with van der Waals surface area (Å²) in [5.41, 5.74) is 5.01. The van der Waals surface area contributed by atoms with Gasteiger partial charge in [-0.25, -0.2) is 5.43 Å². The number of aryl methyl sites for hydroxylation is 1. The van der Waals surface area contributed by atoms with E-state index in [-0.39, 0.29) is 6.04 Å². The number of halogens is 2. The van der Waals surface area contributed by atoms with E-state index in [9.17, 15) is 0 Å². The Morgan fingerprint density at radius 3 is 2.88 bits per heavy atom. The van der Waals surface area contributed by atoms with Crippen molar-refractivity contribution < 1.29 is 0 Å². The molecule has 86 valence electrons. The minimum atomic E-state index is -0.0401. The van der Waals surface area contributed by atoms with E-state index in [1.54, 1.807) is 17.5 Å². The monoisotopic (exact) mass is 412 g/mol. The molecule has 0 spiro atoms. The van der Waals surface area contributed by atoms with E-state index in [0.717, 1.165) is 15.7 Å². The highest BCUT2D eigenvalue weighted by Crippen LogP contribution is 2.30. The molecule has 0 amide bonds. The molecule has 2 aromatic heterocycles. The highest BCUT2D eigenvalue weighted by Gasteiger charge is 2.20. The zero-order chi connectivity index (χ0) is 11.7. The number of rotatable bonds is 3. The molecule has 0 aliphatic rings. The Bertz CT molecular complexity index is 476. The average Bonchev–Trinajstić information content (AvgIpc) is 2.80. The SMILES string of the molecule is Cn1ncc(Br)c1C(NN)c1csc(I)c1. The fourth-order valence-corrected chi connectivity index (χ4v) is 3.53. The summed E-state index contributed by atoms with van der Waals surface area (Å²) in [5, 5.41) is 6.30.